The summed E-state index contributed by atoms with van der Waals surface area (Å²) >= 11 is 0. The molecule has 2 heteroatoms. The monoisotopic (exact) mass is 228 g/mol. The number of unbranched alkanes of at least 4 members (excludes halogenated alkanes) is 6. The summed E-state index contributed by atoms with van der Waals surface area (Å²) in [5, 5.41) is 0. The fraction of sp³-hybridized carbons (Fsp3) is 1.00. The van der Waals surface area contributed by atoms with E-state index in [0.29, 0.717) is 0 Å². The van der Waals surface area contributed by atoms with Gasteiger partial charge in [0.05, 0.1) is 35.6 Å². The zero-order valence-corrected chi connectivity index (χ0v) is 11.5. The Kier molecular flexibility index (Phi) is 13.2. The molecule has 16 heavy (non-hydrogen) atoms. The van der Waals surface area contributed by atoms with Crippen molar-refractivity contribution in [1.29, 1.82) is 0 Å². The Morgan fingerprint density at radius 3 is 1.31 bits per heavy atom. The van der Waals surface area contributed by atoms with Gasteiger partial charge in [0.15, 0.2) is 0 Å². The van der Waals surface area contributed by atoms with Crippen LogP contribution in [0.3, 0.4) is 0 Å². The van der Waals surface area contributed by atoms with Gasteiger partial charge in [-0.15, -0.1) is 0 Å². The summed E-state index contributed by atoms with van der Waals surface area (Å²) < 4.78 is 1.23. The zero-order chi connectivity index (χ0) is 11.6. The Balaban J connectivity index is 0. The van der Waals surface area contributed by atoms with Crippen LogP contribution >= 0.6 is 0 Å². The molecule has 0 rings (SSSR count). The molecule has 0 bridgehead atoms. The molecule has 0 spiro atoms. The van der Waals surface area contributed by atoms with Crippen LogP contribution in [0.15, 0.2) is 0 Å². The van der Waals surface area contributed by atoms with Crippen LogP contribution in [0.2, 0.25) is 0 Å². The predicted molar refractivity (Wildman–Crippen MR) is 80.1 cm³/mol. The van der Waals surface area contributed by atoms with Gasteiger partial charge in [0.25, 0.3) is 0 Å². The van der Waals surface area contributed by atoms with E-state index in [-0.39, 0.29) is 8.41 Å². The van der Waals surface area contributed by atoms with E-state index >= 15 is 0 Å². The molecule has 0 aliphatic heterocycles. The van der Waals surface area contributed by atoms with Gasteiger partial charge in [0.2, 0.25) is 0 Å². The third kappa shape index (κ3) is 12.1. The molecule has 0 heterocycles. The molecule has 0 radical (unpaired) electrons. The fourth-order valence-electron chi connectivity index (χ4n) is 2.05. The topological polar surface area (TPSA) is 0 Å². The van der Waals surface area contributed by atoms with Crippen molar-refractivity contribution in [2.24, 2.45) is 0 Å². The minimum absolute atomic E-state index is 0. The highest BCUT2D eigenvalue weighted by Gasteiger charge is 2.12. The summed E-state index contributed by atoms with van der Waals surface area (Å²) in [7, 11) is 4.77. The Bertz CT molecular complexity index is 121. The van der Waals surface area contributed by atoms with Crippen LogP contribution in [0, 0.1) is 0 Å². The molecule has 0 amide bonds. The highest BCUT2D eigenvalue weighted by molar-refractivity contribution is 5.75. The van der Waals surface area contributed by atoms with Gasteiger partial charge in [0, 0.05) is 0 Å². The minimum atomic E-state index is 0. The van der Waals surface area contributed by atoms with Crippen LogP contribution in [0.25, 0.3) is 0 Å². The molecular weight excluding hydrogens is 193 g/mol. The zero-order valence-electron chi connectivity index (χ0n) is 11.5. The summed E-state index contributed by atoms with van der Waals surface area (Å²) in [6.07, 6.45) is 11.2. The molecule has 0 aromatic rings. The Labute approximate surface area is 106 Å². The number of hydrogen-bond acceptors (Lipinski definition) is 0. The molecule has 0 N–H and O–H groups in total. The lowest BCUT2D eigenvalue weighted by atomic mass is 10.1. The van der Waals surface area contributed by atoms with E-state index in [1.165, 1.54) is 68.9 Å². The van der Waals surface area contributed by atoms with Gasteiger partial charge >= 0.3 is 0 Å². The second kappa shape index (κ2) is 11.5. The lowest BCUT2D eigenvalue weighted by Gasteiger charge is -2.30. The van der Waals surface area contributed by atoms with Crippen molar-refractivity contribution in [3.63, 3.8) is 0 Å². The van der Waals surface area contributed by atoms with Crippen molar-refractivity contribution in [1.82, 2.24) is 0 Å². The number of nitrogens with zero attached hydrogens (tertiary/aromatic N) is 1. The van der Waals surface area contributed by atoms with Gasteiger partial charge < -0.3 is 4.48 Å². The van der Waals surface area contributed by atoms with Gasteiger partial charge in [-0.1, -0.05) is 39.5 Å². The Morgan fingerprint density at radius 1 is 0.625 bits per heavy atom. The van der Waals surface area contributed by atoms with E-state index in [0.717, 1.165) is 0 Å². The second-order valence-electron chi connectivity index (χ2n) is 5.50. The van der Waals surface area contributed by atoms with E-state index in [1.54, 1.807) is 0 Å². The molecule has 98 valence electrons. The molecule has 0 aromatic carbocycles. The van der Waals surface area contributed by atoms with Crippen molar-refractivity contribution >= 4 is 8.41 Å². The van der Waals surface area contributed by atoms with Crippen molar-refractivity contribution in [2.75, 3.05) is 27.2 Å². The highest BCUT2D eigenvalue weighted by atomic mass is 15.3. The molecule has 0 aliphatic rings. The maximum atomic E-state index is 2.39. The third-order valence-corrected chi connectivity index (χ3v) is 3.23. The summed E-state index contributed by atoms with van der Waals surface area (Å²) in [5.74, 6) is 0. The van der Waals surface area contributed by atoms with Gasteiger partial charge in [-0.2, -0.15) is 0 Å². The smallest absolute Gasteiger partial charge is 0.0814 e. The van der Waals surface area contributed by atoms with Crippen molar-refractivity contribution < 1.29 is 4.48 Å². The maximum Gasteiger partial charge on any atom is 0.0814 e. The molecule has 0 saturated carbocycles. The van der Waals surface area contributed by atoms with E-state index in [4.69, 9.17) is 0 Å². The molecule has 0 aliphatic carbocycles. The first-order valence-corrected chi connectivity index (χ1v) is 6.94. The SMILES string of the molecule is B.CCCCCC[N+](C)(C)CCCCCC. The average molecular weight is 228 g/mol. The number of hydrogen-bond donors (Lipinski definition) is 0. The highest BCUT2D eigenvalue weighted by Crippen LogP contribution is 2.08. The number of quaternary nitrogens is 1. The van der Waals surface area contributed by atoms with Crippen LogP contribution < -0.4 is 0 Å². The standard InChI is InChI=1S/C14H32N.BH3/c1-5-7-9-11-13-15(3,4)14-12-10-8-6-2;/h5-14H2,1-4H3;1H3/q+1;. The van der Waals surface area contributed by atoms with Crippen LogP contribution in [0.1, 0.15) is 65.2 Å². The van der Waals surface area contributed by atoms with E-state index in [2.05, 4.69) is 27.9 Å². The first-order chi connectivity index (χ1) is 7.12. The second-order valence-corrected chi connectivity index (χ2v) is 5.50. The number of rotatable bonds is 10. The van der Waals surface area contributed by atoms with Crippen LogP contribution in [-0.4, -0.2) is 40.1 Å². The molecule has 0 fully saturated rings. The summed E-state index contributed by atoms with van der Waals surface area (Å²) in [6, 6.07) is 0. The van der Waals surface area contributed by atoms with Crippen LogP contribution in [0.4, 0.5) is 0 Å². The summed E-state index contributed by atoms with van der Waals surface area (Å²) in [5.41, 5.74) is 0. The predicted octanol–water partition coefficient (Wildman–Crippen LogP) is 3.04. The van der Waals surface area contributed by atoms with Crippen LogP contribution in [-0.2, 0) is 0 Å². The lowest BCUT2D eigenvalue weighted by molar-refractivity contribution is -0.890. The molecule has 0 unspecified atom stereocenters. The van der Waals surface area contributed by atoms with Crippen molar-refractivity contribution in [3.8, 4) is 0 Å². The van der Waals surface area contributed by atoms with Gasteiger partial charge in [-0.05, 0) is 25.7 Å². The van der Waals surface area contributed by atoms with Crippen LogP contribution in [0.5, 0.6) is 0 Å². The van der Waals surface area contributed by atoms with Gasteiger partial charge in [-0.25, -0.2) is 0 Å². The quantitative estimate of drug-likeness (QED) is 0.306. The fourth-order valence-corrected chi connectivity index (χ4v) is 2.05. The van der Waals surface area contributed by atoms with E-state index in [1.807, 2.05) is 0 Å². The first kappa shape index (κ1) is 18.4. The normalized spacial score (nSPS) is 11.2. The molecule has 0 atom stereocenters. The first-order valence-electron chi connectivity index (χ1n) is 6.94. The lowest BCUT2D eigenvalue weighted by Crippen LogP contribution is -2.41. The van der Waals surface area contributed by atoms with Gasteiger partial charge in [0.1, 0.15) is 0 Å². The van der Waals surface area contributed by atoms with Gasteiger partial charge in [-0.3, -0.25) is 0 Å². The van der Waals surface area contributed by atoms with Crippen molar-refractivity contribution in [3.05, 3.63) is 0 Å². The van der Waals surface area contributed by atoms with E-state index < -0.39 is 0 Å². The minimum Gasteiger partial charge on any atom is -0.328 e. The van der Waals surface area contributed by atoms with E-state index in [9.17, 15) is 0 Å². The summed E-state index contributed by atoms with van der Waals surface area (Å²) in [4.78, 5) is 0. The molecule has 0 aromatic heterocycles. The Hall–Kier alpha value is 0.0249. The molecule has 1 nitrogen and oxygen atoms in total. The third-order valence-electron chi connectivity index (χ3n) is 3.23. The Morgan fingerprint density at radius 2 is 1.00 bits per heavy atom. The summed E-state index contributed by atoms with van der Waals surface area (Å²) in [6.45, 7) is 7.30. The molecule has 0 saturated heterocycles. The van der Waals surface area contributed by atoms with Crippen molar-refractivity contribution in [2.45, 2.75) is 65.2 Å². The molecular formula is C14H35BN+. The largest absolute Gasteiger partial charge is 0.328 e. The average Bonchev–Trinajstić information content (AvgIpc) is 2.20. The maximum absolute atomic E-state index is 2.39.